The Bertz CT molecular complexity index is 1150. The number of sulfonamides is 1. The Morgan fingerprint density at radius 2 is 2.09 bits per heavy atom. The number of carbonyl (C=O) groups is 1. The lowest BCUT2D eigenvalue weighted by atomic mass is 10.1. The van der Waals surface area contributed by atoms with Gasteiger partial charge >= 0.3 is 0 Å². The lowest BCUT2D eigenvalue weighted by Gasteiger charge is -2.27. The third-order valence-corrected chi connectivity index (χ3v) is 5.17. The van der Waals surface area contributed by atoms with Crippen molar-refractivity contribution < 1.29 is 22.3 Å². The summed E-state index contributed by atoms with van der Waals surface area (Å²) in [6.07, 6.45) is 10.9. The molecule has 32 heavy (non-hydrogen) atoms. The van der Waals surface area contributed by atoms with Crippen LogP contribution in [0.15, 0.2) is 36.5 Å². The summed E-state index contributed by atoms with van der Waals surface area (Å²) < 4.78 is 44.5. The molecule has 3 rings (SSSR count). The van der Waals surface area contributed by atoms with Crippen molar-refractivity contribution in [1.82, 2.24) is 10.3 Å². The lowest BCUT2D eigenvalue weighted by molar-refractivity contribution is -0.116. The van der Waals surface area contributed by atoms with Crippen LogP contribution >= 0.6 is 0 Å². The average Bonchev–Trinajstić information content (AvgIpc) is 2.78. The molecule has 0 aliphatic carbocycles. The van der Waals surface area contributed by atoms with Crippen LogP contribution < -0.4 is 14.9 Å². The van der Waals surface area contributed by atoms with Gasteiger partial charge in [0.15, 0.2) is 0 Å². The third kappa shape index (κ3) is 6.54. The number of nitrogens with one attached hydrogen (secondary N) is 2. The smallest absolute Gasteiger partial charge is 0.244 e. The molecular weight excluding hydrogens is 435 g/mol. The van der Waals surface area contributed by atoms with Crippen molar-refractivity contribution in [2.75, 3.05) is 42.2 Å². The van der Waals surface area contributed by atoms with Gasteiger partial charge < -0.3 is 15.0 Å². The van der Waals surface area contributed by atoms with Gasteiger partial charge in [0, 0.05) is 31.9 Å². The van der Waals surface area contributed by atoms with E-state index in [4.69, 9.17) is 11.2 Å². The summed E-state index contributed by atoms with van der Waals surface area (Å²) in [7, 11) is -3.69. The van der Waals surface area contributed by atoms with Crippen LogP contribution in [0, 0.1) is 18.2 Å². The number of amides is 1. The van der Waals surface area contributed by atoms with Crippen molar-refractivity contribution in [2.24, 2.45) is 0 Å². The molecule has 2 N–H and O–H groups in total. The first-order valence-electron chi connectivity index (χ1n) is 9.76. The number of hydrogen-bond acceptors (Lipinski definition) is 6. The molecule has 1 aromatic carbocycles. The van der Waals surface area contributed by atoms with Gasteiger partial charge in [0.25, 0.3) is 0 Å². The minimum absolute atomic E-state index is 0.0160. The highest BCUT2D eigenvalue weighted by molar-refractivity contribution is 7.92. The van der Waals surface area contributed by atoms with E-state index < -0.39 is 15.8 Å². The molecule has 2 aromatic rings. The molecule has 0 bridgehead atoms. The molecule has 1 saturated heterocycles. The third-order valence-electron chi connectivity index (χ3n) is 4.59. The van der Waals surface area contributed by atoms with E-state index in [1.165, 1.54) is 12.1 Å². The number of hydrogen-bond donors (Lipinski definition) is 2. The Hall–Kier alpha value is -3.42. The lowest BCUT2D eigenvalue weighted by Crippen LogP contribution is -2.36. The van der Waals surface area contributed by atoms with E-state index in [0.717, 1.165) is 36.8 Å². The summed E-state index contributed by atoms with van der Waals surface area (Å²) in [5.74, 6) is 1.90. The predicted octanol–water partition coefficient (Wildman–Crippen LogP) is 1.74. The molecule has 2 heterocycles. The second-order valence-electron chi connectivity index (χ2n) is 7.12. The second kappa shape index (κ2) is 10.3. The number of nitrogens with zero attached hydrogens (tertiary/aromatic N) is 2. The van der Waals surface area contributed by atoms with Crippen LogP contribution in [-0.4, -0.2) is 51.9 Å². The minimum atomic E-state index is -3.69. The zero-order chi connectivity index (χ0) is 23.1. The van der Waals surface area contributed by atoms with E-state index >= 15 is 0 Å². The van der Waals surface area contributed by atoms with Crippen LogP contribution in [0.4, 0.5) is 15.9 Å². The van der Waals surface area contributed by atoms with Crippen LogP contribution in [0.25, 0.3) is 6.08 Å². The van der Waals surface area contributed by atoms with E-state index in [9.17, 15) is 17.6 Å². The van der Waals surface area contributed by atoms with Gasteiger partial charge in [-0.2, -0.15) is 0 Å². The molecule has 0 unspecified atom stereocenters. The molecule has 0 spiro atoms. The predicted molar refractivity (Wildman–Crippen MR) is 121 cm³/mol. The fourth-order valence-corrected chi connectivity index (χ4v) is 3.64. The van der Waals surface area contributed by atoms with E-state index in [1.807, 2.05) is 12.1 Å². The van der Waals surface area contributed by atoms with Crippen molar-refractivity contribution in [3.05, 3.63) is 59.0 Å². The van der Waals surface area contributed by atoms with Gasteiger partial charge in [0.05, 0.1) is 30.7 Å². The van der Waals surface area contributed by atoms with E-state index in [0.29, 0.717) is 18.8 Å². The maximum absolute atomic E-state index is 14.3. The number of carbonyl (C=O) groups excluding carboxylic acids is 1. The molecule has 1 amide bonds. The number of terminal acetylenes is 1. The Balaban J connectivity index is 1.59. The average molecular weight is 459 g/mol. The zero-order valence-electron chi connectivity index (χ0n) is 17.5. The van der Waals surface area contributed by atoms with Crippen molar-refractivity contribution >= 4 is 33.5 Å². The number of halogens is 1. The molecule has 0 saturated carbocycles. The van der Waals surface area contributed by atoms with Gasteiger partial charge in [0.1, 0.15) is 11.6 Å². The number of rotatable bonds is 7. The van der Waals surface area contributed by atoms with Gasteiger partial charge in [-0.1, -0.05) is 5.92 Å². The first-order valence-corrected chi connectivity index (χ1v) is 11.7. The van der Waals surface area contributed by atoms with Gasteiger partial charge in [0.2, 0.25) is 15.9 Å². The van der Waals surface area contributed by atoms with E-state index in [2.05, 4.69) is 25.8 Å². The molecule has 1 aliphatic heterocycles. The minimum Gasteiger partial charge on any atom is -0.378 e. The number of benzene rings is 1. The van der Waals surface area contributed by atoms with Crippen LogP contribution in [0.1, 0.15) is 16.7 Å². The first-order chi connectivity index (χ1) is 15.2. The quantitative estimate of drug-likeness (QED) is 0.484. The largest absolute Gasteiger partial charge is 0.378 e. The van der Waals surface area contributed by atoms with Crippen LogP contribution in [-0.2, 0) is 26.1 Å². The number of ether oxygens (including phenoxy) is 1. The topological polar surface area (TPSA) is 101 Å². The van der Waals surface area contributed by atoms with Gasteiger partial charge in [-0.3, -0.25) is 9.52 Å². The number of anilines is 2. The first kappa shape index (κ1) is 23.2. The molecule has 168 valence electrons. The summed E-state index contributed by atoms with van der Waals surface area (Å²) in [5.41, 5.74) is 0.904. The summed E-state index contributed by atoms with van der Waals surface area (Å²) in [4.78, 5) is 18.7. The van der Waals surface area contributed by atoms with Gasteiger partial charge in [-0.25, -0.2) is 17.8 Å². The maximum Gasteiger partial charge on any atom is 0.244 e. The van der Waals surface area contributed by atoms with Gasteiger partial charge in [-0.15, -0.1) is 6.42 Å². The summed E-state index contributed by atoms with van der Waals surface area (Å²) in [6.45, 7) is 2.94. The van der Waals surface area contributed by atoms with Crippen molar-refractivity contribution in [2.45, 2.75) is 6.54 Å². The molecule has 8 nitrogen and oxygen atoms in total. The highest BCUT2D eigenvalue weighted by Crippen LogP contribution is 2.22. The molecule has 1 aromatic heterocycles. The number of morpholine rings is 1. The normalized spacial score (nSPS) is 14.2. The summed E-state index contributed by atoms with van der Waals surface area (Å²) >= 11 is 0. The Morgan fingerprint density at radius 1 is 1.34 bits per heavy atom. The Kier molecular flexibility index (Phi) is 7.45. The van der Waals surface area contributed by atoms with Crippen LogP contribution in [0.2, 0.25) is 0 Å². The Labute approximate surface area is 186 Å². The standard InChI is InChI=1S/C22H23FN4O4S/c1-3-18-12-17(13-19(23)22(18)26-32(2,29)30)15-25-21(28)7-5-16-4-6-20(24-14-16)27-8-10-31-11-9-27/h1,4-7,12-14,26H,8-11,15H2,2H3,(H,25,28)/b7-5+. The van der Waals surface area contributed by atoms with Crippen molar-refractivity contribution in [3.63, 3.8) is 0 Å². The molecular formula is C22H23FN4O4S. The molecule has 0 radical (unpaired) electrons. The zero-order valence-corrected chi connectivity index (χ0v) is 18.3. The van der Waals surface area contributed by atoms with Crippen molar-refractivity contribution in [3.8, 4) is 12.3 Å². The molecule has 1 aliphatic rings. The number of pyridine rings is 1. The van der Waals surface area contributed by atoms with Crippen LogP contribution in [0.3, 0.4) is 0 Å². The van der Waals surface area contributed by atoms with E-state index in [-0.39, 0.29) is 23.7 Å². The van der Waals surface area contributed by atoms with Crippen molar-refractivity contribution in [1.29, 1.82) is 0 Å². The summed E-state index contributed by atoms with van der Waals surface area (Å²) in [5, 5.41) is 2.64. The number of aromatic nitrogens is 1. The highest BCUT2D eigenvalue weighted by atomic mass is 32.2. The van der Waals surface area contributed by atoms with Gasteiger partial charge in [-0.05, 0) is 41.5 Å². The maximum atomic E-state index is 14.3. The Morgan fingerprint density at radius 3 is 2.72 bits per heavy atom. The second-order valence-corrected chi connectivity index (χ2v) is 8.87. The highest BCUT2D eigenvalue weighted by Gasteiger charge is 2.14. The fourth-order valence-electron chi connectivity index (χ4n) is 3.06. The molecule has 0 atom stereocenters. The monoisotopic (exact) mass is 458 g/mol. The molecule has 10 heteroatoms. The SMILES string of the molecule is C#Cc1cc(CNC(=O)/C=C/c2ccc(N3CCOCC3)nc2)cc(F)c1NS(C)(=O)=O. The molecule has 1 fully saturated rings. The van der Waals surface area contributed by atoms with Crippen LogP contribution in [0.5, 0.6) is 0 Å². The fraction of sp³-hybridized carbons (Fsp3) is 0.273. The summed E-state index contributed by atoms with van der Waals surface area (Å²) in [6, 6.07) is 6.31. The van der Waals surface area contributed by atoms with E-state index in [1.54, 1.807) is 12.3 Å².